The van der Waals surface area contributed by atoms with E-state index >= 15 is 0 Å². The largest absolute Gasteiger partial charge is 0.496 e. The molecular weight excluding hydrogens is 311 g/mol. The summed E-state index contributed by atoms with van der Waals surface area (Å²) in [5.74, 6) is 1.05. The van der Waals surface area contributed by atoms with Gasteiger partial charge in [-0.05, 0) is 43.0 Å². The molecule has 0 radical (unpaired) electrons. The molecule has 0 unspecified atom stereocenters. The highest BCUT2D eigenvalue weighted by Crippen LogP contribution is 2.57. The SMILES string of the molecule is COc1cccc2c1[C@@H](P(c1ccccc1)c1ccccc1)CC2. The summed E-state index contributed by atoms with van der Waals surface area (Å²) in [6.45, 7) is 0. The fraction of sp³-hybridized carbons (Fsp3) is 0.182. The second-order valence-corrected chi connectivity index (χ2v) is 8.52. The standard InChI is InChI=1S/C22H21OP/c1-23-20-14-8-9-17-15-16-21(22(17)20)24(18-10-4-2-5-11-18)19-12-6-3-7-13-19/h2-14,21H,15-16H2,1H3/t21-/m0/s1. The average molecular weight is 332 g/mol. The van der Waals surface area contributed by atoms with E-state index in [4.69, 9.17) is 4.74 Å². The van der Waals surface area contributed by atoms with Gasteiger partial charge < -0.3 is 4.74 Å². The zero-order valence-electron chi connectivity index (χ0n) is 13.9. The van der Waals surface area contributed by atoms with Crippen molar-refractivity contribution in [2.75, 3.05) is 7.11 Å². The number of fused-ring (bicyclic) bond motifs is 1. The minimum absolute atomic E-state index is 0.441. The fourth-order valence-electron chi connectivity index (χ4n) is 3.74. The number of aryl methyl sites for hydroxylation is 1. The molecule has 24 heavy (non-hydrogen) atoms. The van der Waals surface area contributed by atoms with Crippen molar-refractivity contribution in [3.63, 3.8) is 0 Å². The van der Waals surface area contributed by atoms with Gasteiger partial charge >= 0.3 is 0 Å². The lowest BCUT2D eigenvalue weighted by Gasteiger charge is -2.27. The second kappa shape index (κ2) is 6.79. The van der Waals surface area contributed by atoms with Crippen molar-refractivity contribution >= 4 is 18.5 Å². The molecule has 0 bridgehead atoms. The van der Waals surface area contributed by atoms with Crippen LogP contribution in [0.15, 0.2) is 78.9 Å². The van der Waals surface area contributed by atoms with Gasteiger partial charge in [0.15, 0.2) is 0 Å². The third-order valence-corrected chi connectivity index (χ3v) is 7.63. The van der Waals surface area contributed by atoms with E-state index in [9.17, 15) is 0 Å². The molecule has 2 heteroatoms. The van der Waals surface area contributed by atoms with Gasteiger partial charge in [-0.25, -0.2) is 0 Å². The average Bonchev–Trinajstić information content (AvgIpc) is 3.08. The Morgan fingerprint density at radius 2 is 1.42 bits per heavy atom. The van der Waals surface area contributed by atoms with Gasteiger partial charge in [0, 0.05) is 11.2 Å². The van der Waals surface area contributed by atoms with Gasteiger partial charge in [0.1, 0.15) is 5.75 Å². The van der Waals surface area contributed by atoms with Crippen molar-refractivity contribution in [2.24, 2.45) is 0 Å². The van der Waals surface area contributed by atoms with Crippen LogP contribution in [0.3, 0.4) is 0 Å². The van der Waals surface area contributed by atoms with Crippen molar-refractivity contribution in [3.8, 4) is 5.75 Å². The van der Waals surface area contributed by atoms with Crippen molar-refractivity contribution in [1.82, 2.24) is 0 Å². The summed E-state index contributed by atoms with van der Waals surface area (Å²) in [5.41, 5.74) is 3.41. The van der Waals surface area contributed by atoms with Crippen LogP contribution >= 0.6 is 7.92 Å². The molecule has 0 fully saturated rings. The number of ether oxygens (including phenoxy) is 1. The number of hydrogen-bond acceptors (Lipinski definition) is 1. The van der Waals surface area contributed by atoms with Gasteiger partial charge in [0.25, 0.3) is 0 Å². The van der Waals surface area contributed by atoms with E-state index in [0.717, 1.165) is 12.2 Å². The lowest BCUT2D eigenvalue weighted by Crippen LogP contribution is -2.16. The Hall–Kier alpha value is -2.11. The smallest absolute Gasteiger partial charge is 0.122 e. The van der Waals surface area contributed by atoms with Crippen LogP contribution in [-0.2, 0) is 6.42 Å². The first-order valence-electron chi connectivity index (χ1n) is 8.43. The summed E-state index contributed by atoms with van der Waals surface area (Å²) < 4.78 is 5.72. The monoisotopic (exact) mass is 332 g/mol. The van der Waals surface area contributed by atoms with Crippen LogP contribution in [0.1, 0.15) is 23.2 Å². The van der Waals surface area contributed by atoms with Crippen LogP contribution in [0, 0.1) is 0 Å². The Labute approximate surface area is 145 Å². The van der Waals surface area contributed by atoms with E-state index in [1.54, 1.807) is 7.11 Å². The summed E-state index contributed by atoms with van der Waals surface area (Å²) >= 11 is 0. The van der Waals surface area contributed by atoms with Crippen LogP contribution in [0.25, 0.3) is 0 Å². The predicted molar refractivity (Wildman–Crippen MR) is 103 cm³/mol. The van der Waals surface area contributed by atoms with Gasteiger partial charge in [0.05, 0.1) is 7.11 Å². The molecule has 0 amide bonds. The lowest BCUT2D eigenvalue weighted by atomic mass is 10.1. The molecule has 0 aromatic heterocycles. The van der Waals surface area contributed by atoms with Crippen molar-refractivity contribution in [2.45, 2.75) is 18.5 Å². The maximum Gasteiger partial charge on any atom is 0.122 e. The molecule has 1 nitrogen and oxygen atoms in total. The molecule has 3 aromatic carbocycles. The second-order valence-electron chi connectivity index (χ2n) is 6.13. The number of rotatable bonds is 4. The highest BCUT2D eigenvalue weighted by atomic mass is 31.1. The van der Waals surface area contributed by atoms with Crippen LogP contribution < -0.4 is 15.3 Å². The van der Waals surface area contributed by atoms with E-state index in [1.165, 1.54) is 28.2 Å². The summed E-state index contributed by atoms with van der Waals surface area (Å²) in [4.78, 5) is 0. The first-order valence-corrected chi connectivity index (χ1v) is 9.84. The van der Waals surface area contributed by atoms with Gasteiger partial charge in [-0.1, -0.05) is 72.8 Å². The lowest BCUT2D eigenvalue weighted by molar-refractivity contribution is 0.410. The van der Waals surface area contributed by atoms with E-state index in [0.29, 0.717) is 5.66 Å². The zero-order chi connectivity index (χ0) is 16.4. The van der Waals surface area contributed by atoms with E-state index in [-0.39, 0.29) is 0 Å². The van der Waals surface area contributed by atoms with Gasteiger partial charge in [-0.15, -0.1) is 0 Å². The number of benzene rings is 3. The highest BCUT2D eigenvalue weighted by molar-refractivity contribution is 7.73. The Morgan fingerprint density at radius 1 is 0.792 bits per heavy atom. The molecule has 0 spiro atoms. The predicted octanol–water partition coefficient (Wildman–Crippen LogP) is 4.82. The first kappa shape index (κ1) is 15.4. The third-order valence-electron chi connectivity index (χ3n) is 4.78. The normalized spacial score (nSPS) is 16.2. The minimum Gasteiger partial charge on any atom is -0.496 e. The van der Waals surface area contributed by atoms with Crippen molar-refractivity contribution in [3.05, 3.63) is 90.0 Å². The highest BCUT2D eigenvalue weighted by Gasteiger charge is 2.33. The zero-order valence-corrected chi connectivity index (χ0v) is 14.7. The van der Waals surface area contributed by atoms with Crippen LogP contribution in [0.5, 0.6) is 5.75 Å². The molecule has 0 N–H and O–H groups in total. The molecule has 4 rings (SSSR count). The van der Waals surface area contributed by atoms with Gasteiger partial charge in [-0.3, -0.25) is 0 Å². The van der Waals surface area contributed by atoms with Crippen molar-refractivity contribution in [1.29, 1.82) is 0 Å². The molecule has 3 aromatic rings. The Balaban J connectivity index is 1.86. The van der Waals surface area contributed by atoms with Crippen LogP contribution in [0.2, 0.25) is 0 Å². The minimum atomic E-state index is -0.441. The Morgan fingerprint density at radius 3 is 2.00 bits per heavy atom. The molecule has 0 heterocycles. The van der Waals surface area contributed by atoms with Gasteiger partial charge in [0.2, 0.25) is 0 Å². The summed E-state index contributed by atoms with van der Waals surface area (Å²) in [6, 6.07) is 28.5. The summed E-state index contributed by atoms with van der Waals surface area (Å²) in [5, 5.41) is 2.89. The molecule has 0 saturated carbocycles. The molecular formula is C22H21OP. The Bertz CT molecular complexity index is 774. The number of methoxy groups -OCH3 is 1. The Kier molecular flexibility index (Phi) is 4.36. The van der Waals surface area contributed by atoms with E-state index < -0.39 is 7.92 Å². The number of hydrogen-bond donors (Lipinski definition) is 0. The van der Waals surface area contributed by atoms with E-state index in [2.05, 4.69) is 78.9 Å². The summed E-state index contributed by atoms with van der Waals surface area (Å²) in [6.07, 6.45) is 2.35. The molecule has 0 saturated heterocycles. The van der Waals surface area contributed by atoms with Gasteiger partial charge in [-0.2, -0.15) is 0 Å². The quantitative estimate of drug-likeness (QED) is 0.623. The molecule has 0 aliphatic heterocycles. The molecule has 1 atom stereocenters. The molecule has 1 aliphatic rings. The molecule has 120 valence electrons. The maximum atomic E-state index is 5.72. The van der Waals surface area contributed by atoms with E-state index in [1.807, 2.05) is 0 Å². The third kappa shape index (κ3) is 2.74. The van der Waals surface area contributed by atoms with Crippen LogP contribution in [0.4, 0.5) is 0 Å². The topological polar surface area (TPSA) is 9.23 Å². The summed E-state index contributed by atoms with van der Waals surface area (Å²) in [7, 11) is 1.35. The first-order chi connectivity index (χ1) is 11.9. The molecule has 1 aliphatic carbocycles. The van der Waals surface area contributed by atoms with Crippen LogP contribution in [-0.4, -0.2) is 7.11 Å². The fourth-order valence-corrected chi connectivity index (χ4v) is 6.69. The maximum absolute atomic E-state index is 5.72. The van der Waals surface area contributed by atoms with Crippen molar-refractivity contribution < 1.29 is 4.74 Å².